The Morgan fingerprint density at radius 3 is 2.87 bits per heavy atom. The van der Waals surface area contributed by atoms with E-state index in [-0.39, 0.29) is 11.4 Å². The van der Waals surface area contributed by atoms with Gasteiger partial charge in [0.25, 0.3) is 0 Å². The van der Waals surface area contributed by atoms with E-state index in [2.05, 4.69) is 5.32 Å². The topological polar surface area (TPSA) is 29.1 Å². The minimum Gasteiger partial charge on any atom is -0.349 e. The standard InChI is InChI=1S/C11H14ClNOS/c12-8-11(3-1-4-11)13-10(14)6-9-2-5-15-7-9/h2,5,7H,1,3-4,6,8H2,(H,13,14). The number of amides is 1. The Hall–Kier alpha value is -0.540. The molecule has 1 aliphatic rings. The van der Waals surface area contributed by atoms with Crippen molar-refractivity contribution in [2.45, 2.75) is 31.2 Å². The molecule has 15 heavy (non-hydrogen) atoms. The van der Waals surface area contributed by atoms with Gasteiger partial charge in [0.15, 0.2) is 0 Å². The van der Waals surface area contributed by atoms with Crippen molar-refractivity contribution in [1.82, 2.24) is 5.32 Å². The highest BCUT2D eigenvalue weighted by Gasteiger charge is 2.37. The third kappa shape index (κ3) is 2.52. The summed E-state index contributed by atoms with van der Waals surface area (Å²) in [6.45, 7) is 0. The van der Waals surface area contributed by atoms with Crippen molar-refractivity contribution in [3.63, 3.8) is 0 Å². The molecule has 1 heterocycles. The van der Waals surface area contributed by atoms with Crippen molar-refractivity contribution in [2.75, 3.05) is 5.88 Å². The molecule has 4 heteroatoms. The molecule has 1 aromatic rings. The van der Waals surface area contributed by atoms with E-state index in [1.54, 1.807) is 11.3 Å². The maximum atomic E-state index is 11.7. The predicted molar refractivity (Wildman–Crippen MR) is 63.5 cm³/mol. The number of rotatable bonds is 4. The van der Waals surface area contributed by atoms with Gasteiger partial charge in [-0.3, -0.25) is 4.79 Å². The van der Waals surface area contributed by atoms with Gasteiger partial charge in [-0.2, -0.15) is 11.3 Å². The first-order valence-corrected chi connectivity index (χ1v) is 6.60. The summed E-state index contributed by atoms with van der Waals surface area (Å²) in [6, 6.07) is 1.98. The van der Waals surface area contributed by atoms with E-state index in [9.17, 15) is 4.79 Å². The van der Waals surface area contributed by atoms with Gasteiger partial charge in [0, 0.05) is 5.88 Å². The maximum Gasteiger partial charge on any atom is 0.224 e. The lowest BCUT2D eigenvalue weighted by molar-refractivity contribution is -0.123. The normalized spacial score (nSPS) is 18.2. The molecular formula is C11H14ClNOS. The predicted octanol–water partition coefficient (Wildman–Crippen LogP) is 2.57. The lowest BCUT2D eigenvalue weighted by Gasteiger charge is -2.41. The molecule has 1 aliphatic carbocycles. The molecule has 1 aromatic heterocycles. The van der Waals surface area contributed by atoms with Crippen LogP contribution in [0.1, 0.15) is 24.8 Å². The summed E-state index contributed by atoms with van der Waals surface area (Å²) >= 11 is 7.49. The fraction of sp³-hybridized carbons (Fsp3) is 0.545. The van der Waals surface area contributed by atoms with Crippen LogP contribution in [0.25, 0.3) is 0 Å². The third-order valence-corrected chi connectivity index (χ3v) is 4.16. The maximum absolute atomic E-state index is 11.7. The number of hydrogen-bond donors (Lipinski definition) is 1. The lowest BCUT2D eigenvalue weighted by atomic mass is 9.78. The van der Waals surface area contributed by atoms with Crippen molar-refractivity contribution in [3.05, 3.63) is 22.4 Å². The first-order chi connectivity index (χ1) is 7.24. The molecule has 0 saturated heterocycles. The molecule has 2 rings (SSSR count). The number of nitrogens with one attached hydrogen (secondary N) is 1. The van der Waals surface area contributed by atoms with Crippen LogP contribution >= 0.6 is 22.9 Å². The van der Waals surface area contributed by atoms with Crippen molar-refractivity contribution >= 4 is 28.8 Å². The van der Waals surface area contributed by atoms with Gasteiger partial charge >= 0.3 is 0 Å². The molecule has 0 radical (unpaired) electrons. The van der Waals surface area contributed by atoms with Crippen LogP contribution in [0, 0.1) is 0 Å². The van der Waals surface area contributed by atoms with Gasteiger partial charge in [-0.15, -0.1) is 11.6 Å². The number of carbonyl (C=O) groups is 1. The number of halogens is 1. The van der Waals surface area contributed by atoms with Crippen LogP contribution in [0.3, 0.4) is 0 Å². The highest BCUT2D eigenvalue weighted by molar-refractivity contribution is 7.07. The minimum atomic E-state index is -0.103. The van der Waals surface area contributed by atoms with E-state index in [0.29, 0.717) is 12.3 Å². The smallest absolute Gasteiger partial charge is 0.224 e. The minimum absolute atomic E-state index is 0.0914. The largest absolute Gasteiger partial charge is 0.349 e. The Kier molecular flexibility index (Phi) is 3.32. The second-order valence-corrected chi connectivity index (χ2v) is 5.17. The fourth-order valence-corrected chi connectivity index (χ4v) is 2.82. The molecule has 0 bridgehead atoms. The van der Waals surface area contributed by atoms with Gasteiger partial charge in [-0.25, -0.2) is 0 Å². The van der Waals surface area contributed by atoms with Crippen LogP contribution in [-0.2, 0) is 11.2 Å². The second-order valence-electron chi connectivity index (χ2n) is 4.12. The van der Waals surface area contributed by atoms with E-state index in [4.69, 9.17) is 11.6 Å². The van der Waals surface area contributed by atoms with Crippen LogP contribution in [-0.4, -0.2) is 17.3 Å². The summed E-state index contributed by atoms with van der Waals surface area (Å²) in [5.41, 5.74) is 0.982. The number of thiophene rings is 1. The van der Waals surface area contributed by atoms with Gasteiger partial charge in [0.1, 0.15) is 0 Å². The molecule has 1 amide bonds. The molecule has 82 valence electrons. The zero-order valence-electron chi connectivity index (χ0n) is 8.46. The summed E-state index contributed by atoms with van der Waals surface area (Å²) in [5, 5.41) is 7.05. The molecule has 0 aliphatic heterocycles. The van der Waals surface area contributed by atoms with E-state index >= 15 is 0 Å². The Morgan fingerprint density at radius 2 is 2.40 bits per heavy atom. The lowest BCUT2D eigenvalue weighted by Crippen LogP contribution is -2.55. The van der Waals surface area contributed by atoms with Crippen molar-refractivity contribution in [2.24, 2.45) is 0 Å². The Labute approximate surface area is 98.6 Å². The molecule has 0 unspecified atom stereocenters. The molecule has 0 aromatic carbocycles. The van der Waals surface area contributed by atoms with Crippen molar-refractivity contribution in [3.8, 4) is 0 Å². The second kappa shape index (κ2) is 4.54. The molecule has 0 spiro atoms. The highest BCUT2D eigenvalue weighted by Crippen LogP contribution is 2.32. The monoisotopic (exact) mass is 243 g/mol. The molecule has 1 N–H and O–H groups in total. The number of carbonyl (C=O) groups excluding carboxylic acids is 1. The number of alkyl halides is 1. The van der Waals surface area contributed by atoms with Gasteiger partial charge in [-0.1, -0.05) is 0 Å². The summed E-state index contributed by atoms with van der Waals surface area (Å²) in [7, 11) is 0. The average Bonchev–Trinajstić information content (AvgIpc) is 2.64. The van der Waals surface area contributed by atoms with Gasteiger partial charge in [0.05, 0.1) is 12.0 Å². The molecular weight excluding hydrogens is 230 g/mol. The van der Waals surface area contributed by atoms with Crippen LogP contribution in [0.2, 0.25) is 0 Å². The van der Waals surface area contributed by atoms with E-state index < -0.39 is 0 Å². The molecule has 0 atom stereocenters. The Bertz CT molecular complexity index is 327. The summed E-state index contributed by atoms with van der Waals surface area (Å²) in [4.78, 5) is 11.7. The quantitative estimate of drug-likeness (QED) is 0.810. The number of hydrogen-bond acceptors (Lipinski definition) is 2. The first-order valence-electron chi connectivity index (χ1n) is 5.12. The van der Waals surface area contributed by atoms with Gasteiger partial charge in [-0.05, 0) is 41.7 Å². The molecule has 2 nitrogen and oxygen atoms in total. The zero-order valence-corrected chi connectivity index (χ0v) is 10.0. The SMILES string of the molecule is O=C(Cc1ccsc1)NC1(CCl)CCC1. The summed E-state index contributed by atoms with van der Waals surface area (Å²) in [5.74, 6) is 0.622. The van der Waals surface area contributed by atoms with Crippen molar-refractivity contribution in [1.29, 1.82) is 0 Å². The first kappa shape index (κ1) is 11.0. The van der Waals surface area contributed by atoms with E-state index in [0.717, 1.165) is 18.4 Å². The zero-order chi connectivity index (χ0) is 10.7. The molecule has 1 fully saturated rings. The van der Waals surface area contributed by atoms with Crippen molar-refractivity contribution < 1.29 is 4.79 Å². The van der Waals surface area contributed by atoms with Crippen LogP contribution < -0.4 is 5.32 Å². The molecule has 1 saturated carbocycles. The van der Waals surface area contributed by atoms with E-state index in [1.165, 1.54) is 6.42 Å². The summed E-state index contributed by atoms with van der Waals surface area (Å²) < 4.78 is 0. The average molecular weight is 244 g/mol. The fourth-order valence-electron chi connectivity index (χ4n) is 1.81. The summed E-state index contributed by atoms with van der Waals surface area (Å²) in [6.07, 6.45) is 3.69. The third-order valence-electron chi connectivity index (χ3n) is 2.92. The van der Waals surface area contributed by atoms with E-state index in [1.807, 2.05) is 16.8 Å². The van der Waals surface area contributed by atoms with Crippen LogP contribution in [0.4, 0.5) is 0 Å². The van der Waals surface area contributed by atoms with Gasteiger partial charge < -0.3 is 5.32 Å². The Morgan fingerprint density at radius 1 is 1.60 bits per heavy atom. The van der Waals surface area contributed by atoms with Gasteiger partial charge in [0.2, 0.25) is 5.91 Å². The van der Waals surface area contributed by atoms with Crippen LogP contribution in [0.15, 0.2) is 16.8 Å². The van der Waals surface area contributed by atoms with Crippen LogP contribution in [0.5, 0.6) is 0 Å². The highest BCUT2D eigenvalue weighted by atomic mass is 35.5. The Balaban J connectivity index is 1.87.